The van der Waals surface area contributed by atoms with Crippen LogP contribution in [0.1, 0.15) is 27.2 Å². The smallest absolute Gasteiger partial charge is 0.178 e. The van der Waals surface area contributed by atoms with E-state index in [2.05, 4.69) is 62.8 Å². The lowest BCUT2D eigenvalue weighted by atomic mass is 9.91. The Morgan fingerprint density at radius 1 is 0.974 bits per heavy atom. The van der Waals surface area contributed by atoms with Crippen molar-refractivity contribution in [3.63, 3.8) is 0 Å². The van der Waals surface area contributed by atoms with E-state index in [4.69, 9.17) is 9.97 Å². The number of hydrogen-bond donors (Lipinski definition) is 3. The fourth-order valence-corrected chi connectivity index (χ4v) is 4.55. The first-order chi connectivity index (χ1) is 18.3. The number of hydrogen-bond acceptors (Lipinski definition) is 7. The van der Waals surface area contributed by atoms with Gasteiger partial charge in [-0.25, -0.2) is 15.0 Å². The van der Waals surface area contributed by atoms with Crippen molar-refractivity contribution < 1.29 is 0 Å². The molecule has 0 atom stereocenters. The Hall–Kier alpha value is -4.92. The predicted octanol–water partition coefficient (Wildman–Crippen LogP) is 6.38. The molecule has 6 aromatic heterocycles. The number of anilines is 1. The lowest BCUT2D eigenvalue weighted by Gasteiger charge is -2.20. The molecule has 188 valence electrons. The van der Waals surface area contributed by atoms with E-state index < -0.39 is 0 Å². The molecule has 0 radical (unpaired) electrons. The standard InChI is InChI=1S/C29H27N9/c1-17(13-29(2,3)4)33-20-12-19(15-31-16-20)22-7-8-23-25(34-22)26(38-37-23)28-35-24-21(9-11-32-27(24)36-28)18-6-5-10-30-14-18/h5-12,14-16,33H,1,13H2,2-4H3,(H,37,38)(H,32,35,36). The summed E-state index contributed by atoms with van der Waals surface area (Å²) in [6.07, 6.45) is 9.77. The fraction of sp³-hybridized carbons (Fsp3) is 0.172. The van der Waals surface area contributed by atoms with E-state index in [1.54, 1.807) is 24.8 Å². The van der Waals surface area contributed by atoms with E-state index in [0.717, 1.165) is 51.2 Å². The van der Waals surface area contributed by atoms with E-state index >= 15 is 0 Å². The largest absolute Gasteiger partial charge is 0.358 e. The third-order valence-electron chi connectivity index (χ3n) is 6.10. The van der Waals surface area contributed by atoms with Crippen molar-refractivity contribution in [2.75, 3.05) is 5.32 Å². The Kier molecular flexibility index (Phi) is 5.68. The van der Waals surface area contributed by atoms with Crippen molar-refractivity contribution >= 4 is 27.9 Å². The highest BCUT2D eigenvalue weighted by molar-refractivity contribution is 5.94. The highest BCUT2D eigenvalue weighted by atomic mass is 15.2. The molecule has 6 heterocycles. The van der Waals surface area contributed by atoms with Gasteiger partial charge in [-0.05, 0) is 42.2 Å². The first-order valence-corrected chi connectivity index (χ1v) is 12.3. The molecule has 0 aliphatic carbocycles. The quantitative estimate of drug-likeness (QED) is 0.242. The predicted molar refractivity (Wildman–Crippen MR) is 150 cm³/mol. The van der Waals surface area contributed by atoms with Gasteiger partial charge < -0.3 is 10.3 Å². The Balaban J connectivity index is 1.36. The molecule has 38 heavy (non-hydrogen) atoms. The van der Waals surface area contributed by atoms with Gasteiger partial charge in [0.25, 0.3) is 0 Å². The van der Waals surface area contributed by atoms with Crippen molar-refractivity contribution in [3.05, 3.63) is 79.7 Å². The number of aromatic nitrogens is 8. The van der Waals surface area contributed by atoms with Gasteiger partial charge in [-0.1, -0.05) is 33.4 Å². The molecule has 0 aliphatic heterocycles. The maximum atomic E-state index is 4.94. The van der Waals surface area contributed by atoms with Crippen LogP contribution in [0.3, 0.4) is 0 Å². The van der Waals surface area contributed by atoms with Gasteiger partial charge in [0.05, 0.1) is 28.6 Å². The molecule has 0 saturated heterocycles. The van der Waals surface area contributed by atoms with Crippen LogP contribution in [-0.4, -0.2) is 40.1 Å². The molecule has 0 aromatic carbocycles. The minimum atomic E-state index is 0.143. The first kappa shape index (κ1) is 23.5. The number of pyridine rings is 4. The van der Waals surface area contributed by atoms with E-state index in [0.29, 0.717) is 22.7 Å². The SMILES string of the molecule is C=C(CC(C)(C)C)Nc1cncc(-c2ccc3[nH]nc(-c4nc5nccc(-c6cccnc6)c5[nH]4)c3n2)c1. The molecule has 0 spiro atoms. The van der Waals surface area contributed by atoms with Gasteiger partial charge >= 0.3 is 0 Å². The van der Waals surface area contributed by atoms with Crippen LogP contribution in [0.4, 0.5) is 5.69 Å². The van der Waals surface area contributed by atoms with Crippen molar-refractivity contribution in [2.45, 2.75) is 27.2 Å². The van der Waals surface area contributed by atoms with E-state index in [9.17, 15) is 0 Å². The third-order valence-corrected chi connectivity index (χ3v) is 6.10. The van der Waals surface area contributed by atoms with Crippen LogP contribution in [0.25, 0.3) is 56.1 Å². The number of fused-ring (bicyclic) bond motifs is 2. The normalized spacial score (nSPS) is 11.8. The lowest BCUT2D eigenvalue weighted by molar-refractivity contribution is 0.411. The summed E-state index contributed by atoms with van der Waals surface area (Å²) in [6, 6.07) is 11.8. The number of aromatic amines is 2. The van der Waals surface area contributed by atoms with Gasteiger partial charge in [0.1, 0.15) is 5.52 Å². The maximum Gasteiger partial charge on any atom is 0.178 e. The van der Waals surface area contributed by atoms with Crippen molar-refractivity contribution in [3.8, 4) is 33.9 Å². The van der Waals surface area contributed by atoms with Crippen LogP contribution in [0.15, 0.2) is 79.7 Å². The molecular formula is C29H27N9. The second kappa shape index (κ2) is 9.19. The minimum absolute atomic E-state index is 0.143. The van der Waals surface area contributed by atoms with Crippen molar-refractivity contribution in [2.24, 2.45) is 5.41 Å². The highest BCUT2D eigenvalue weighted by Crippen LogP contribution is 2.31. The molecule has 0 unspecified atom stereocenters. The van der Waals surface area contributed by atoms with Crippen LogP contribution in [0, 0.1) is 5.41 Å². The van der Waals surface area contributed by atoms with Crippen LogP contribution >= 0.6 is 0 Å². The Morgan fingerprint density at radius 3 is 2.66 bits per heavy atom. The zero-order valence-corrected chi connectivity index (χ0v) is 21.4. The Morgan fingerprint density at radius 2 is 1.84 bits per heavy atom. The Labute approximate surface area is 219 Å². The second-order valence-electron chi connectivity index (χ2n) is 10.5. The number of nitrogens with one attached hydrogen (secondary N) is 3. The fourth-order valence-electron chi connectivity index (χ4n) is 4.55. The minimum Gasteiger partial charge on any atom is -0.358 e. The summed E-state index contributed by atoms with van der Waals surface area (Å²) in [5.41, 5.74) is 9.15. The molecule has 0 saturated carbocycles. The molecule has 6 aromatic rings. The second-order valence-corrected chi connectivity index (χ2v) is 10.5. The maximum absolute atomic E-state index is 4.94. The summed E-state index contributed by atoms with van der Waals surface area (Å²) in [5.74, 6) is 0.590. The highest BCUT2D eigenvalue weighted by Gasteiger charge is 2.18. The van der Waals surface area contributed by atoms with Crippen LogP contribution in [-0.2, 0) is 0 Å². The number of nitrogens with zero attached hydrogens (tertiary/aromatic N) is 6. The molecule has 9 heteroatoms. The molecule has 6 rings (SSSR count). The molecule has 0 fully saturated rings. The van der Waals surface area contributed by atoms with Gasteiger partial charge in [-0.2, -0.15) is 5.10 Å². The molecule has 9 nitrogen and oxygen atoms in total. The number of rotatable bonds is 6. The zero-order valence-electron chi connectivity index (χ0n) is 21.4. The lowest BCUT2D eigenvalue weighted by Crippen LogP contribution is -2.10. The molecule has 0 amide bonds. The van der Waals surface area contributed by atoms with Gasteiger partial charge in [0.15, 0.2) is 17.2 Å². The van der Waals surface area contributed by atoms with Crippen LogP contribution in [0.5, 0.6) is 0 Å². The Bertz CT molecular complexity index is 1780. The molecule has 3 N–H and O–H groups in total. The number of imidazole rings is 1. The van der Waals surface area contributed by atoms with E-state index in [-0.39, 0.29) is 5.41 Å². The molecule has 0 bridgehead atoms. The van der Waals surface area contributed by atoms with E-state index in [1.165, 1.54) is 0 Å². The summed E-state index contributed by atoms with van der Waals surface area (Å²) in [7, 11) is 0. The topological polar surface area (TPSA) is 121 Å². The number of allylic oxidation sites excluding steroid dienone is 1. The van der Waals surface area contributed by atoms with Crippen LogP contribution < -0.4 is 5.32 Å². The first-order valence-electron chi connectivity index (χ1n) is 12.3. The van der Waals surface area contributed by atoms with Crippen molar-refractivity contribution in [1.29, 1.82) is 0 Å². The van der Waals surface area contributed by atoms with Crippen LogP contribution in [0.2, 0.25) is 0 Å². The van der Waals surface area contributed by atoms with Gasteiger partial charge in [0.2, 0.25) is 0 Å². The third kappa shape index (κ3) is 4.61. The average molecular weight is 502 g/mol. The monoisotopic (exact) mass is 501 g/mol. The molecule has 0 aliphatic rings. The summed E-state index contributed by atoms with van der Waals surface area (Å²) >= 11 is 0. The van der Waals surface area contributed by atoms with E-state index in [1.807, 2.05) is 42.6 Å². The zero-order chi connectivity index (χ0) is 26.3. The average Bonchev–Trinajstić information content (AvgIpc) is 3.51. The summed E-state index contributed by atoms with van der Waals surface area (Å²) in [5, 5.41) is 11.0. The summed E-state index contributed by atoms with van der Waals surface area (Å²) < 4.78 is 0. The van der Waals surface area contributed by atoms with Gasteiger partial charge in [-0.3, -0.25) is 15.1 Å². The van der Waals surface area contributed by atoms with Gasteiger partial charge in [-0.15, -0.1) is 0 Å². The summed E-state index contributed by atoms with van der Waals surface area (Å²) in [4.78, 5) is 26.2. The van der Waals surface area contributed by atoms with Crippen molar-refractivity contribution in [1.82, 2.24) is 40.1 Å². The number of H-pyrrole nitrogens is 2. The molecular weight excluding hydrogens is 474 g/mol. The van der Waals surface area contributed by atoms with Gasteiger partial charge in [0, 0.05) is 47.2 Å². The summed E-state index contributed by atoms with van der Waals surface area (Å²) in [6.45, 7) is 10.7.